The molecule has 0 radical (unpaired) electrons. The molecular weight excluding hydrogens is 468 g/mol. The van der Waals surface area contributed by atoms with Crippen molar-refractivity contribution in [2.24, 2.45) is 4.99 Å². The Hall–Kier alpha value is -2.61. The summed E-state index contributed by atoms with van der Waals surface area (Å²) in [5, 5.41) is 11.8. The summed E-state index contributed by atoms with van der Waals surface area (Å²) in [6.45, 7) is 2.82. The number of hydrogen-bond donors (Lipinski definition) is 2. The van der Waals surface area contributed by atoms with E-state index in [1.54, 1.807) is 0 Å². The summed E-state index contributed by atoms with van der Waals surface area (Å²) in [6, 6.07) is 6.36. The number of benzene rings is 1. The molecule has 2 heterocycles. The molecule has 2 amide bonds. The fourth-order valence-corrected chi connectivity index (χ4v) is 5.64. The van der Waals surface area contributed by atoms with Crippen LogP contribution in [0.25, 0.3) is 0 Å². The van der Waals surface area contributed by atoms with E-state index in [9.17, 15) is 9.59 Å². The van der Waals surface area contributed by atoms with Crippen LogP contribution in [0.15, 0.2) is 23.2 Å². The summed E-state index contributed by atoms with van der Waals surface area (Å²) in [5.41, 5.74) is 1.96. The quantitative estimate of drug-likeness (QED) is 0.333. The second-order valence-corrected chi connectivity index (χ2v) is 10.7. The van der Waals surface area contributed by atoms with Crippen molar-refractivity contribution < 1.29 is 19.4 Å². The number of nitrogens with zero attached hydrogens (tertiary/aromatic N) is 3. The lowest BCUT2D eigenvalue weighted by Gasteiger charge is -2.34. The summed E-state index contributed by atoms with van der Waals surface area (Å²) in [7, 11) is 0. The molecule has 1 aliphatic carbocycles. The normalized spacial score (nSPS) is 17.2. The maximum absolute atomic E-state index is 13.1. The van der Waals surface area contributed by atoms with E-state index < -0.39 is 0 Å². The topological polar surface area (TPSA) is 94.5 Å². The zero-order chi connectivity index (χ0) is 25.9. The fourth-order valence-electron chi connectivity index (χ4n) is 5.64. The lowest BCUT2D eigenvalue weighted by Crippen LogP contribution is -2.42. The highest BCUT2D eigenvalue weighted by Crippen LogP contribution is 2.30. The highest BCUT2D eigenvalue weighted by molar-refractivity contribution is 6.05. The maximum Gasteiger partial charge on any atom is 0.246 e. The van der Waals surface area contributed by atoms with Crippen LogP contribution in [0.5, 0.6) is 5.75 Å². The molecule has 0 atom stereocenters. The van der Waals surface area contributed by atoms with E-state index in [1.165, 1.54) is 19.3 Å². The van der Waals surface area contributed by atoms with Gasteiger partial charge in [-0.2, -0.15) is 0 Å². The number of hydrogen-bond acceptors (Lipinski definition) is 6. The molecule has 8 heteroatoms. The van der Waals surface area contributed by atoms with E-state index in [4.69, 9.17) is 9.84 Å². The Bertz CT molecular complexity index is 928. The van der Waals surface area contributed by atoms with Crippen LogP contribution in [0, 0.1) is 0 Å². The van der Waals surface area contributed by atoms with Crippen molar-refractivity contribution in [3.63, 3.8) is 0 Å². The van der Waals surface area contributed by atoms with Crippen LogP contribution < -0.4 is 10.1 Å². The first-order valence-corrected chi connectivity index (χ1v) is 14.4. The van der Waals surface area contributed by atoms with E-state index in [0.29, 0.717) is 44.0 Å². The molecule has 3 aliphatic rings. The van der Waals surface area contributed by atoms with Gasteiger partial charge in [-0.05, 0) is 56.7 Å². The average Bonchev–Trinajstić information content (AvgIpc) is 3.27. The van der Waals surface area contributed by atoms with Gasteiger partial charge in [-0.1, -0.05) is 44.9 Å². The molecule has 0 aromatic heterocycles. The summed E-state index contributed by atoms with van der Waals surface area (Å²) in [6.07, 6.45) is 14.8. The van der Waals surface area contributed by atoms with Gasteiger partial charge in [-0.3, -0.25) is 14.9 Å². The number of carbonyl (C=O) groups is 2. The van der Waals surface area contributed by atoms with Crippen molar-refractivity contribution in [3.8, 4) is 5.75 Å². The first kappa shape index (κ1) is 27.4. The monoisotopic (exact) mass is 512 g/mol. The highest BCUT2D eigenvalue weighted by Gasteiger charge is 2.29. The van der Waals surface area contributed by atoms with Crippen molar-refractivity contribution in [1.29, 1.82) is 0 Å². The average molecular weight is 513 g/mol. The van der Waals surface area contributed by atoms with Crippen LogP contribution in [0.4, 0.5) is 5.69 Å². The Labute approximate surface area is 221 Å². The number of aliphatic imine (C=N–C) groups is 1. The molecule has 2 fully saturated rings. The number of aliphatic hydroxyl groups is 1. The van der Waals surface area contributed by atoms with Crippen molar-refractivity contribution in [1.82, 2.24) is 15.1 Å². The van der Waals surface area contributed by atoms with Crippen LogP contribution in [-0.4, -0.2) is 65.0 Å². The number of aliphatic hydroxyl groups excluding tert-OH is 1. The molecule has 1 saturated carbocycles. The maximum atomic E-state index is 13.1. The minimum atomic E-state index is -0.0133. The first-order chi connectivity index (χ1) is 18.1. The number of rotatable bonds is 15. The molecule has 37 heavy (non-hydrogen) atoms. The van der Waals surface area contributed by atoms with Gasteiger partial charge in [0.25, 0.3) is 0 Å². The predicted octanol–water partition coefficient (Wildman–Crippen LogP) is 4.66. The number of fused-ring (bicyclic) bond motifs is 2. The molecule has 2 aliphatic heterocycles. The largest absolute Gasteiger partial charge is 0.494 e. The van der Waals surface area contributed by atoms with Crippen LogP contribution >= 0.6 is 0 Å². The molecule has 1 aromatic carbocycles. The summed E-state index contributed by atoms with van der Waals surface area (Å²) in [4.78, 5) is 33.3. The van der Waals surface area contributed by atoms with Crippen LogP contribution in [0.1, 0.15) is 95.5 Å². The van der Waals surface area contributed by atoms with Gasteiger partial charge in [0, 0.05) is 37.7 Å². The number of unbranched alkanes of at least 4 members (excludes halogenated alkanes) is 6. The summed E-state index contributed by atoms with van der Waals surface area (Å²) < 4.78 is 5.98. The fraction of sp³-hybridized carbons (Fsp3) is 0.690. The highest BCUT2D eigenvalue weighted by atomic mass is 16.5. The molecule has 0 unspecified atom stereocenters. The predicted molar refractivity (Wildman–Crippen MR) is 145 cm³/mol. The minimum Gasteiger partial charge on any atom is -0.494 e. The van der Waals surface area contributed by atoms with E-state index in [0.717, 1.165) is 87.8 Å². The van der Waals surface area contributed by atoms with Gasteiger partial charge in [0.2, 0.25) is 17.8 Å². The van der Waals surface area contributed by atoms with Crippen LogP contribution in [0.2, 0.25) is 0 Å². The molecule has 204 valence electrons. The van der Waals surface area contributed by atoms with Crippen LogP contribution in [0.3, 0.4) is 0 Å². The lowest BCUT2D eigenvalue weighted by atomic mass is 9.93. The van der Waals surface area contributed by atoms with Gasteiger partial charge in [-0.15, -0.1) is 0 Å². The Kier molecular flexibility index (Phi) is 10.6. The number of nitrogens with one attached hydrogen (secondary N) is 1. The van der Waals surface area contributed by atoms with Crippen molar-refractivity contribution in [2.75, 3.05) is 26.3 Å². The van der Waals surface area contributed by atoms with Gasteiger partial charge < -0.3 is 19.6 Å². The zero-order valence-corrected chi connectivity index (χ0v) is 22.3. The van der Waals surface area contributed by atoms with Gasteiger partial charge in [0.15, 0.2) is 0 Å². The lowest BCUT2D eigenvalue weighted by molar-refractivity contribution is -0.134. The number of guanidine groups is 1. The van der Waals surface area contributed by atoms with Crippen LogP contribution in [-0.2, 0) is 16.1 Å². The smallest absolute Gasteiger partial charge is 0.246 e. The van der Waals surface area contributed by atoms with Gasteiger partial charge in [0.05, 0.1) is 12.3 Å². The molecule has 2 N–H and O–H groups in total. The third-order valence-corrected chi connectivity index (χ3v) is 7.72. The molecule has 0 spiro atoms. The standard InChI is InChI=1S/C29H44N4O4/c34-18-10-3-2-9-17-33(24-12-6-5-7-13-24)28(36)14-8-1-4-11-19-37-25-15-16-26-23(20-25)21-32-22-27(35)31-29(32)30-26/h15-16,20,24,34H,1-14,17-19,21-22H2,(H,30,31,35). The van der Waals surface area contributed by atoms with Crippen molar-refractivity contribution in [2.45, 2.75) is 102 Å². The van der Waals surface area contributed by atoms with Gasteiger partial charge >= 0.3 is 0 Å². The first-order valence-electron chi connectivity index (χ1n) is 14.4. The number of carbonyl (C=O) groups excluding carboxylic acids is 2. The number of amides is 2. The zero-order valence-electron chi connectivity index (χ0n) is 22.3. The Balaban J connectivity index is 1.12. The second-order valence-electron chi connectivity index (χ2n) is 10.7. The van der Waals surface area contributed by atoms with E-state index in [-0.39, 0.29) is 12.5 Å². The molecule has 1 saturated heterocycles. The summed E-state index contributed by atoms with van der Waals surface area (Å²) in [5.74, 6) is 1.80. The van der Waals surface area contributed by atoms with Gasteiger partial charge in [0.1, 0.15) is 12.3 Å². The Morgan fingerprint density at radius 1 is 1.03 bits per heavy atom. The van der Waals surface area contributed by atoms with Crippen molar-refractivity contribution >= 4 is 23.5 Å². The molecule has 4 rings (SSSR count). The van der Waals surface area contributed by atoms with Crippen molar-refractivity contribution in [3.05, 3.63) is 23.8 Å². The Morgan fingerprint density at radius 3 is 2.65 bits per heavy atom. The molecule has 0 bridgehead atoms. The van der Waals surface area contributed by atoms with E-state index >= 15 is 0 Å². The SMILES string of the molecule is O=C1CN2Cc3cc(OCCCCCCC(=O)N(CCCCCCO)C4CCCCC4)ccc3N=C2N1. The minimum absolute atomic E-state index is 0.0133. The Morgan fingerprint density at radius 2 is 1.81 bits per heavy atom. The molecule has 1 aromatic rings. The van der Waals surface area contributed by atoms with E-state index in [2.05, 4.69) is 15.2 Å². The van der Waals surface area contributed by atoms with Gasteiger partial charge in [-0.25, -0.2) is 4.99 Å². The van der Waals surface area contributed by atoms with E-state index in [1.807, 2.05) is 23.1 Å². The molecular formula is C29H44N4O4. The second kappa shape index (κ2) is 14.4. The number of ether oxygens (including phenoxy) is 1. The molecule has 8 nitrogen and oxygen atoms in total. The third-order valence-electron chi connectivity index (χ3n) is 7.72. The summed E-state index contributed by atoms with van der Waals surface area (Å²) >= 11 is 0. The third kappa shape index (κ3) is 8.19.